The van der Waals surface area contributed by atoms with Gasteiger partial charge in [-0.15, -0.1) is 0 Å². The summed E-state index contributed by atoms with van der Waals surface area (Å²) in [5.74, 6) is 0.622. The third-order valence-electron chi connectivity index (χ3n) is 4.37. The van der Waals surface area contributed by atoms with Crippen LogP contribution in [0.4, 0.5) is 5.69 Å². The van der Waals surface area contributed by atoms with Crippen molar-refractivity contribution >= 4 is 15.9 Å². The molecule has 1 aromatic rings. The Labute approximate surface area is 153 Å². The Morgan fingerprint density at radius 2 is 1.69 bits per heavy atom. The number of methoxy groups -OCH3 is 2. The zero-order valence-corrected chi connectivity index (χ0v) is 15.9. The molecule has 0 aliphatic carbocycles. The lowest BCUT2D eigenvalue weighted by Gasteiger charge is -2.20. The average molecular weight is 387 g/mol. The van der Waals surface area contributed by atoms with Crippen molar-refractivity contribution in [3.63, 3.8) is 0 Å². The molecule has 0 bridgehead atoms. The van der Waals surface area contributed by atoms with E-state index in [1.807, 2.05) is 0 Å². The third kappa shape index (κ3) is 5.05. The fourth-order valence-corrected chi connectivity index (χ4v) is 4.25. The van der Waals surface area contributed by atoms with Gasteiger partial charge < -0.3 is 9.47 Å². The van der Waals surface area contributed by atoms with Crippen molar-refractivity contribution < 1.29 is 22.8 Å². The molecule has 9 nitrogen and oxygen atoms in total. The van der Waals surface area contributed by atoms with Crippen molar-refractivity contribution in [3.05, 3.63) is 27.8 Å². The van der Waals surface area contributed by atoms with E-state index in [0.717, 1.165) is 25.7 Å². The van der Waals surface area contributed by atoms with Crippen molar-refractivity contribution in [1.82, 2.24) is 9.03 Å². The van der Waals surface area contributed by atoms with Gasteiger partial charge in [0.05, 0.1) is 25.2 Å². The lowest BCUT2D eigenvalue weighted by molar-refractivity contribution is -0.385. The molecule has 0 unspecified atom stereocenters. The van der Waals surface area contributed by atoms with E-state index in [-0.39, 0.29) is 24.4 Å². The summed E-state index contributed by atoms with van der Waals surface area (Å²) in [6.07, 6.45) is 3.93. The second-order valence-corrected chi connectivity index (χ2v) is 7.81. The van der Waals surface area contributed by atoms with Gasteiger partial charge in [0.15, 0.2) is 11.5 Å². The van der Waals surface area contributed by atoms with Crippen LogP contribution < -0.4 is 14.2 Å². The molecule has 1 heterocycles. The minimum Gasteiger partial charge on any atom is -0.493 e. The first-order valence-corrected chi connectivity index (χ1v) is 9.97. The van der Waals surface area contributed by atoms with Crippen molar-refractivity contribution in [3.8, 4) is 11.5 Å². The van der Waals surface area contributed by atoms with Gasteiger partial charge >= 0.3 is 0 Å². The second kappa shape index (κ2) is 9.15. The maximum absolute atomic E-state index is 12.4. The van der Waals surface area contributed by atoms with Gasteiger partial charge in [0.1, 0.15) is 0 Å². The number of benzene rings is 1. The first-order chi connectivity index (χ1) is 12.4. The number of nitro benzene ring substituents is 1. The van der Waals surface area contributed by atoms with Crippen LogP contribution in [-0.2, 0) is 16.6 Å². The number of nitrogens with zero attached hydrogens (tertiary/aromatic N) is 2. The molecular formula is C16H25N3O6S. The molecule has 0 radical (unpaired) electrons. The number of ether oxygens (including phenoxy) is 2. The van der Waals surface area contributed by atoms with Crippen LogP contribution in [0.1, 0.15) is 31.2 Å². The molecule has 1 aliphatic heterocycles. The lowest BCUT2D eigenvalue weighted by atomic mass is 10.1. The molecule has 10 heteroatoms. The SMILES string of the molecule is COc1cc(CCNS(=O)(=O)N2CCCCCC2)c([N+](=O)[O-])cc1OC. The molecule has 1 fully saturated rings. The number of hydrogen-bond acceptors (Lipinski definition) is 6. The second-order valence-electron chi connectivity index (χ2n) is 6.06. The standard InChI is InChI=1S/C16H25N3O6S/c1-24-15-11-13(14(19(20)21)12-16(15)25-2)7-8-17-26(22,23)18-9-5-3-4-6-10-18/h11-12,17H,3-10H2,1-2H3. The van der Waals surface area contributed by atoms with Gasteiger partial charge in [-0.3, -0.25) is 10.1 Å². The van der Waals surface area contributed by atoms with Crippen LogP contribution >= 0.6 is 0 Å². The molecule has 0 aromatic heterocycles. The first-order valence-electron chi connectivity index (χ1n) is 8.53. The molecule has 2 rings (SSSR count). The highest BCUT2D eigenvalue weighted by Gasteiger charge is 2.24. The Morgan fingerprint density at radius 1 is 1.12 bits per heavy atom. The van der Waals surface area contributed by atoms with Gasteiger partial charge in [0, 0.05) is 25.2 Å². The van der Waals surface area contributed by atoms with Gasteiger partial charge in [-0.05, 0) is 25.3 Å². The molecule has 0 saturated carbocycles. The third-order valence-corrected chi connectivity index (χ3v) is 5.98. The van der Waals surface area contributed by atoms with Crippen molar-refractivity contribution in [2.75, 3.05) is 33.9 Å². The molecular weight excluding hydrogens is 362 g/mol. The number of rotatable bonds is 8. The van der Waals surface area contributed by atoms with Crippen LogP contribution in [-0.4, -0.2) is 51.5 Å². The van der Waals surface area contributed by atoms with Crippen molar-refractivity contribution in [2.45, 2.75) is 32.1 Å². The maximum Gasteiger partial charge on any atom is 0.279 e. The molecule has 1 N–H and O–H groups in total. The van der Waals surface area contributed by atoms with Gasteiger partial charge in [-0.1, -0.05) is 12.8 Å². The summed E-state index contributed by atoms with van der Waals surface area (Å²) >= 11 is 0. The zero-order chi connectivity index (χ0) is 19.2. The monoisotopic (exact) mass is 387 g/mol. The maximum atomic E-state index is 12.4. The summed E-state index contributed by atoms with van der Waals surface area (Å²) in [5, 5.41) is 11.3. The largest absolute Gasteiger partial charge is 0.493 e. The smallest absolute Gasteiger partial charge is 0.279 e. The normalized spacial score (nSPS) is 16.1. The van der Waals surface area contributed by atoms with Gasteiger partial charge in [-0.2, -0.15) is 12.7 Å². The van der Waals surface area contributed by atoms with Crippen LogP contribution in [0.25, 0.3) is 0 Å². The van der Waals surface area contributed by atoms with Gasteiger partial charge in [-0.25, -0.2) is 4.72 Å². The topological polar surface area (TPSA) is 111 Å². The fourth-order valence-electron chi connectivity index (χ4n) is 2.97. The molecule has 0 spiro atoms. The van der Waals surface area contributed by atoms with Crippen LogP contribution in [0.5, 0.6) is 11.5 Å². The first kappa shape index (κ1) is 20.4. The van der Waals surface area contributed by atoms with Crippen LogP contribution in [0.2, 0.25) is 0 Å². The van der Waals surface area contributed by atoms with E-state index in [1.54, 1.807) is 0 Å². The Morgan fingerprint density at radius 3 is 2.23 bits per heavy atom. The Kier molecular flexibility index (Phi) is 7.18. The van der Waals surface area contributed by atoms with Gasteiger partial charge in [0.25, 0.3) is 15.9 Å². The van der Waals surface area contributed by atoms with Crippen LogP contribution in [0.15, 0.2) is 12.1 Å². The van der Waals surface area contributed by atoms with Crippen molar-refractivity contribution in [1.29, 1.82) is 0 Å². The summed E-state index contributed by atoms with van der Waals surface area (Å²) in [6, 6.07) is 2.80. The summed E-state index contributed by atoms with van der Waals surface area (Å²) in [7, 11) is -0.742. The molecule has 0 amide bonds. The predicted molar refractivity (Wildman–Crippen MR) is 96.9 cm³/mol. The molecule has 1 aliphatic rings. The summed E-state index contributed by atoms with van der Waals surface area (Å²) < 4.78 is 39.1. The summed E-state index contributed by atoms with van der Waals surface area (Å²) in [4.78, 5) is 10.8. The predicted octanol–water partition coefficient (Wildman–Crippen LogP) is 1.86. The van der Waals surface area contributed by atoms with E-state index in [4.69, 9.17) is 9.47 Å². The van der Waals surface area contributed by atoms with Crippen LogP contribution in [0, 0.1) is 10.1 Å². The highest BCUT2D eigenvalue weighted by atomic mass is 32.2. The lowest BCUT2D eigenvalue weighted by Crippen LogP contribution is -2.42. The summed E-state index contributed by atoms with van der Waals surface area (Å²) in [5.41, 5.74) is 0.253. The minimum absolute atomic E-state index is 0.0646. The number of nitrogens with one attached hydrogen (secondary N) is 1. The van der Waals surface area contributed by atoms with E-state index in [9.17, 15) is 18.5 Å². The van der Waals surface area contributed by atoms with E-state index in [0.29, 0.717) is 24.4 Å². The Bertz CT molecular complexity index is 730. The van der Waals surface area contributed by atoms with E-state index < -0.39 is 15.1 Å². The molecule has 26 heavy (non-hydrogen) atoms. The Balaban J connectivity index is 2.09. The minimum atomic E-state index is -3.58. The van der Waals surface area contributed by atoms with Crippen molar-refractivity contribution in [2.24, 2.45) is 0 Å². The number of hydrogen-bond donors (Lipinski definition) is 1. The average Bonchev–Trinajstić information content (AvgIpc) is 2.90. The molecule has 146 valence electrons. The Hall–Kier alpha value is -1.91. The highest BCUT2D eigenvalue weighted by Crippen LogP contribution is 2.34. The van der Waals surface area contributed by atoms with E-state index >= 15 is 0 Å². The quantitative estimate of drug-likeness (QED) is 0.538. The fraction of sp³-hybridized carbons (Fsp3) is 0.625. The number of nitro groups is 1. The molecule has 0 atom stereocenters. The molecule has 1 saturated heterocycles. The summed E-state index contributed by atoms with van der Waals surface area (Å²) in [6.45, 7) is 1.08. The highest BCUT2D eigenvalue weighted by molar-refractivity contribution is 7.87. The zero-order valence-electron chi connectivity index (χ0n) is 15.1. The van der Waals surface area contributed by atoms with E-state index in [2.05, 4.69) is 4.72 Å². The van der Waals surface area contributed by atoms with E-state index in [1.165, 1.54) is 30.7 Å². The van der Waals surface area contributed by atoms with Crippen LogP contribution in [0.3, 0.4) is 0 Å². The van der Waals surface area contributed by atoms with Gasteiger partial charge in [0.2, 0.25) is 0 Å². The molecule has 1 aromatic carbocycles.